The highest BCUT2D eigenvalue weighted by Crippen LogP contribution is 2.30. The van der Waals surface area contributed by atoms with Gasteiger partial charge < -0.3 is 9.47 Å². The molecule has 1 fully saturated rings. The van der Waals surface area contributed by atoms with Gasteiger partial charge in [0.15, 0.2) is 0 Å². The highest BCUT2D eigenvalue weighted by molar-refractivity contribution is 5.72. The molecule has 1 aromatic heterocycles. The van der Waals surface area contributed by atoms with Crippen molar-refractivity contribution >= 4 is 5.97 Å². The number of hydrogen-bond donors (Lipinski definition) is 0. The Kier molecular flexibility index (Phi) is 5.06. The van der Waals surface area contributed by atoms with E-state index in [1.54, 1.807) is 13.0 Å². The molecule has 1 aliphatic heterocycles. The number of hydrogen-bond acceptors (Lipinski definition) is 4. The largest absolute Gasteiger partial charge is 0.466 e. The van der Waals surface area contributed by atoms with Crippen LogP contribution in [0.2, 0.25) is 0 Å². The first-order valence-electron chi connectivity index (χ1n) is 7.00. The molecule has 5 heteroatoms. The third-order valence-corrected chi connectivity index (χ3v) is 3.58. The van der Waals surface area contributed by atoms with Crippen LogP contribution in [0.15, 0.2) is 12.1 Å². The van der Waals surface area contributed by atoms with E-state index in [1.165, 1.54) is 6.07 Å². The normalized spacial score (nSPS) is 22.6. The molecule has 0 saturated carbocycles. The molecule has 0 amide bonds. The molecule has 2 rings (SSSR count). The zero-order valence-electron chi connectivity index (χ0n) is 11.9. The number of nitrogens with zero attached hydrogens (tertiary/aromatic N) is 1. The number of pyridine rings is 1. The van der Waals surface area contributed by atoms with Crippen molar-refractivity contribution in [3.05, 3.63) is 29.3 Å². The molecule has 20 heavy (non-hydrogen) atoms. The van der Waals surface area contributed by atoms with E-state index in [4.69, 9.17) is 9.47 Å². The second-order valence-electron chi connectivity index (χ2n) is 5.09. The molecule has 2 atom stereocenters. The highest BCUT2D eigenvalue weighted by Gasteiger charge is 2.25. The van der Waals surface area contributed by atoms with Gasteiger partial charge in [-0.1, -0.05) is 6.92 Å². The summed E-state index contributed by atoms with van der Waals surface area (Å²) >= 11 is 0. The molecule has 0 aliphatic carbocycles. The van der Waals surface area contributed by atoms with Gasteiger partial charge in [0.2, 0.25) is 0 Å². The number of aromatic nitrogens is 1. The molecule has 0 radical (unpaired) electrons. The van der Waals surface area contributed by atoms with Crippen LogP contribution in [0.5, 0.6) is 0 Å². The van der Waals surface area contributed by atoms with Crippen molar-refractivity contribution < 1.29 is 18.7 Å². The fourth-order valence-corrected chi connectivity index (χ4v) is 2.50. The summed E-state index contributed by atoms with van der Waals surface area (Å²) < 4.78 is 24.0. The van der Waals surface area contributed by atoms with Crippen LogP contribution in [0.4, 0.5) is 4.39 Å². The first-order chi connectivity index (χ1) is 9.61. The number of halogens is 1. The van der Waals surface area contributed by atoms with Crippen molar-refractivity contribution in [3.8, 4) is 0 Å². The lowest BCUT2D eigenvalue weighted by Crippen LogP contribution is -2.25. The minimum Gasteiger partial charge on any atom is -0.466 e. The van der Waals surface area contributed by atoms with Crippen molar-refractivity contribution in [3.63, 3.8) is 0 Å². The zero-order chi connectivity index (χ0) is 14.5. The molecule has 0 aromatic carbocycles. The maximum absolute atomic E-state index is 13.7. The van der Waals surface area contributed by atoms with Gasteiger partial charge in [-0.25, -0.2) is 4.39 Å². The first kappa shape index (κ1) is 14.9. The van der Waals surface area contributed by atoms with E-state index in [0.717, 1.165) is 12.1 Å². The number of carbonyl (C=O) groups is 1. The molecule has 110 valence electrons. The lowest BCUT2D eigenvalue weighted by Gasteiger charge is -2.28. The lowest BCUT2D eigenvalue weighted by molar-refractivity contribution is -0.142. The zero-order valence-corrected chi connectivity index (χ0v) is 11.9. The Labute approximate surface area is 118 Å². The van der Waals surface area contributed by atoms with Gasteiger partial charge >= 0.3 is 5.97 Å². The van der Waals surface area contributed by atoms with E-state index < -0.39 is 11.8 Å². The Morgan fingerprint density at radius 1 is 1.55 bits per heavy atom. The molecular formula is C15H20FNO3. The second-order valence-corrected chi connectivity index (χ2v) is 5.09. The van der Waals surface area contributed by atoms with Gasteiger partial charge in [0, 0.05) is 24.8 Å². The van der Waals surface area contributed by atoms with E-state index >= 15 is 0 Å². The summed E-state index contributed by atoms with van der Waals surface area (Å²) in [6, 6.07) is 3.09. The van der Waals surface area contributed by atoms with E-state index in [-0.39, 0.29) is 24.6 Å². The van der Waals surface area contributed by atoms with Gasteiger partial charge in [0.05, 0.1) is 18.7 Å². The van der Waals surface area contributed by atoms with Crippen LogP contribution in [0.1, 0.15) is 37.6 Å². The van der Waals surface area contributed by atoms with Crippen LogP contribution in [0, 0.1) is 11.7 Å². The van der Waals surface area contributed by atoms with Gasteiger partial charge in [-0.15, -0.1) is 0 Å². The predicted octanol–water partition coefficient (Wildman–Crippen LogP) is 2.47. The molecule has 1 aliphatic rings. The average molecular weight is 281 g/mol. The molecule has 4 nitrogen and oxygen atoms in total. The topological polar surface area (TPSA) is 48.4 Å². The lowest BCUT2D eigenvalue weighted by atomic mass is 9.86. The van der Waals surface area contributed by atoms with Crippen molar-refractivity contribution in [2.45, 2.75) is 32.6 Å². The minimum atomic E-state index is -0.457. The number of rotatable bonds is 4. The molecule has 1 saturated heterocycles. The maximum Gasteiger partial charge on any atom is 0.311 e. The SMILES string of the molecule is CCOC(=O)Cc1nc(C2CCOC[C@H]2C)ccc1F. The summed E-state index contributed by atoms with van der Waals surface area (Å²) in [5.74, 6) is -0.306. The molecule has 1 aromatic rings. The summed E-state index contributed by atoms with van der Waals surface area (Å²) in [6.07, 6.45) is 0.754. The van der Waals surface area contributed by atoms with Crippen LogP contribution >= 0.6 is 0 Å². The maximum atomic E-state index is 13.7. The smallest absolute Gasteiger partial charge is 0.311 e. The molecular weight excluding hydrogens is 261 g/mol. The Morgan fingerprint density at radius 2 is 2.35 bits per heavy atom. The Balaban J connectivity index is 2.17. The summed E-state index contributed by atoms with van der Waals surface area (Å²) in [6.45, 7) is 5.50. The standard InChI is InChI=1S/C15H20FNO3/c1-3-20-15(18)8-14-12(16)4-5-13(17-14)11-6-7-19-9-10(11)2/h4-5,10-11H,3,6-9H2,1-2H3/t10-,11?/m1/s1. The van der Waals surface area contributed by atoms with Gasteiger partial charge in [0.25, 0.3) is 0 Å². The van der Waals surface area contributed by atoms with Crippen LogP contribution in [-0.2, 0) is 20.7 Å². The number of ether oxygens (including phenoxy) is 2. The first-order valence-corrected chi connectivity index (χ1v) is 7.00. The van der Waals surface area contributed by atoms with E-state index in [0.29, 0.717) is 19.1 Å². The monoisotopic (exact) mass is 281 g/mol. The van der Waals surface area contributed by atoms with Gasteiger partial charge in [-0.3, -0.25) is 9.78 Å². The van der Waals surface area contributed by atoms with Gasteiger partial charge in [-0.2, -0.15) is 0 Å². The van der Waals surface area contributed by atoms with Gasteiger partial charge in [0.1, 0.15) is 5.82 Å². The molecule has 2 heterocycles. The van der Waals surface area contributed by atoms with Crippen molar-refractivity contribution in [1.29, 1.82) is 0 Å². The summed E-state index contributed by atoms with van der Waals surface area (Å²) in [5, 5.41) is 0. The highest BCUT2D eigenvalue weighted by atomic mass is 19.1. The Bertz CT molecular complexity index is 478. The average Bonchev–Trinajstić information content (AvgIpc) is 2.42. The fraction of sp³-hybridized carbons (Fsp3) is 0.600. The predicted molar refractivity (Wildman–Crippen MR) is 71.9 cm³/mol. The molecule has 0 bridgehead atoms. The number of esters is 1. The minimum absolute atomic E-state index is 0.120. The Hall–Kier alpha value is -1.49. The summed E-state index contributed by atoms with van der Waals surface area (Å²) in [4.78, 5) is 15.8. The van der Waals surface area contributed by atoms with Crippen LogP contribution in [0.3, 0.4) is 0 Å². The number of carbonyl (C=O) groups excluding carboxylic acids is 1. The van der Waals surface area contributed by atoms with E-state index in [9.17, 15) is 9.18 Å². The van der Waals surface area contributed by atoms with Crippen molar-refractivity contribution in [2.75, 3.05) is 19.8 Å². The van der Waals surface area contributed by atoms with Crippen LogP contribution < -0.4 is 0 Å². The third kappa shape index (κ3) is 3.54. The van der Waals surface area contributed by atoms with Crippen molar-refractivity contribution in [1.82, 2.24) is 4.98 Å². The second kappa shape index (κ2) is 6.79. The molecule has 0 spiro atoms. The van der Waals surface area contributed by atoms with Crippen molar-refractivity contribution in [2.24, 2.45) is 5.92 Å². The van der Waals surface area contributed by atoms with Crippen LogP contribution in [-0.4, -0.2) is 30.8 Å². The summed E-state index contributed by atoms with van der Waals surface area (Å²) in [7, 11) is 0. The summed E-state index contributed by atoms with van der Waals surface area (Å²) in [5.41, 5.74) is 1.00. The van der Waals surface area contributed by atoms with E-state index in [2.05, 4.69) is 11.9 Å². The Morgan fingerprint density at radius 3 is 3.05 bits per heavy atom. The molecule has 1 unspecified atom stereocenters. The van der Waals surface area contributed by atoms with Gasteiger partial charge in [-0.05, 0) is 31.4 Å². The molecule has 0 N–H and O–H groups in total. The fourth-order valence-electron chi connectivity index (χ4n) is 2.50. The van der Waals surface area contributed by atoms with E-state index in [1.807, 2.05) is 0 Å². The third-order valence-electron chi connectivity index (χ3n) is 3.58. The quantitative estimate of drug-likeness (QED) is 0.795. The van der Waals surface area contributed by atoms with Crippen LogP contribution in [0.25, 0.3) is 0 Å².